The molecule has 0 saturated heterocycles. The van der Waals surface area contributed by atoms with Crippen molar-refractivity contribution in [2.45, 2.75) is 12.5 Å². The van der Waals surface area contributed by atoms with Crippen molar-refractivity contribution < 1.29 is 14.6 Å². The molecule has 0 amide bonds. The molecule has 58 valence electrons. The molecule has 5 heteroatoms. The Morgan fingerprint density at radius 2 is 2.55 bits per heavy atom. The number of ether oxygens (including phenoxy) is 1. The molecule has 0 aromatic rings. The van der Waals surface area contributed by atoms with Gasteiger partial charge in [0.15, 0.2) is 0 Å². The molecule has 1 unspecified atom stereocenters. The van der Waals surface area contributed by atoms with Gasteiger partial charge in [0.2, 0.25) is 0 Å². The summed E-state index contributed by atoms with van der Waals surface area (Å²) in [5.74, 6) is -0.313. The normalized spacial score (nSPS) is 22.7. The maximum absolute atomic E-state index is 10.7. The van der Waals surface area contributed by atoms with Crippen LogP contribution in [0.1, 0.15) is 6.42 Å². The molecule has 1 heterocycles. The van der Waals surface area contributed by atoms with Crippen molar-refractivity contribution >= 4 is 32.0 Å². The van der Waals surface area contributed by atoms with Gasteiger partial charge in [0.05, 0.1) is 0 Å². The zero-order valence-corrected chi connectivity index (χ0v) is 10.4. The van der Waals surface area contributed by atoms with Crippen LogP contribution in [0.2, 0.25) is 0 Å². The van der Waals surface area contributed by atoms with E-state index in [1.165, 1.54) is 6.08 Å². The number of aliphatic hydroxyl groups is 1. The van der Waals surface area contributed by atoms with E-state index in [9.17, 15) is 4.79 Å². The van der Waals surface area contributed by atoms with Gasteiger partial charge in [0.1, 0.15) is 0 Å². The average molecular weight is 347 g/mol. The average Bonchev–Trinajstić information content (AvgIpc) is 2.32. The van der Waals surface area contributed by atoms with Gasteiger partial charge in [0, 0.05) is 0 Å². The van der Waals surface area contributed by atoms with Gasteiger partial charge in [-0.05, 0) is 0 Å². The zero-order valence-electron chi connectivity index (χ0n) is 5.91. The number of hydrogen-bond donors (Lipinski definition) is 2. The van der Waals surface area contributed by atoms with E-state index in [1.807, 2.05) is 0 Å². The van der Waals surface area contributed by atoms with Crippen molar-refractivity contribution in [3.8, 4) is 0 Å². The van der Waals surface area contributed by atoms with Crippen molar-refractivity contribution in [1.29, 1.82) is 0 Å². The second-order valence-corrected chi connectivity index (χ2v) is 3.30. The Balaban J connectivity index is 2.56. The Hall–Kier alpha value is -0.108. The first-order valence-electron chi connectivity index (χ1n) is 3.27. The summed E-state index contributed by atoms with van der Waals surface area (Å²) in [7, 11) is 0. The van der Waals surface area contributed by atoms with Crippen LogP contribution in [0.5, 0.6) is 0 Å². The quantitative estimate of drug-likeness (QED) is 0.501. The van der Waals surface area contributed by atoms with E-state index in [-0.39, 0.29) is 18.7 Å². The number of carbonyl (C=O) groups excluding carboxylic acids is 1. The first-order chi connectivity index (χ1) is 5.27. The van der Waals surface area contributed by atoms with Gasteiger partial charge >= 0.3 is 80.7 Å². The third-order valence-corrected chi connectivity index (χ3v) is 2.73. The summed E-state index contributed by atoms with van der Waals surface area (Å²) in [4.78, 5) is 10.7. The number of hydrogen-bond acceptors (Lipinski definition) is 4. The van der Waals surface area contributed by atoms with E-state index in [4.69, 9.17) is 9.84 Å². The molecule has 0 bridgehead atoms. The molecule has 0 radical (unpaired) electrons. The van der Waals surface area contributed by atoms with Crippen molar-refractivity contribution in [1.82, 2.24) is 3.13 Å². The van der Waals surface area contributed by atoms with Gasteiger partial charge in [-0.1, -0.05) is 0 Å². The zero-order chi connectivity index (χ0) is 8.27. The van der Waals surface area contributed by atoms with Crippen molar-refractivity contribution in [2.24, 2.45) is 0 Å². The third kappa shape index (κ3) is 2.16. The van der Waals surface area contributed by atoms with Crippen LogP contribution in [0.15, 0.2) is 11.8 Å². The van der Waals surface area contributed by atoms with Crippen molar-refractivity contribution in [2.75, 3.05) is 6.61 Å². The molecular weight excluding hydrogens is 338 g/mol. The number of rotatable bonds is 3. The molecule has 2 N–H and O–H groups in total. The fraction of sp³-hybridized carbons (Fsp3) is 0.500. The van der Waals surface area contributed by atoms with Crippen LogP contribution in [-0.4, -0.2) is 49.9 Å². The van der Waals surface area contributed by atoms with Crippen molar-refractivity contribution in [3.63, 3.8) is 0 Å². The molecule has 1 atom stereocenters. The number of carbonyl (C=O) groups is 1. The van der Waals surface area contributed by atoms with E-state index in [0.717, 1.165) is 5.70 Å². The van der Waals surface area contributed by atoms with E-state index < -0.39 is 0 Å². The second kappa shape index (κ2) is 4.05. The molecular formula is C6H8NO3Tl. The van der Waals surface area contributed by atoms with Crippen LogP contribution in [0.25, 0.3) is 0 Å². The third-order valence-electron chi connectivity index (χ3n) is 1.44. The van der Waals surface area contributed by atoms with Gasteiger partial charge in [0.25, 0.3) is 0 Å². The fourth-order valence-corrected chi connectivity index (χ4v) is 1.97. The van der Waals surface area contributed by atoms with Crippen LogP contribution in [0, 0.1) is 0 Å². The van der Waals surface area contributed by atoms with Crippen LogP contribution in [0.4, 0.5) is 0 Å². The maximum atomic E-state index is 10.7. The van der Waals surface area contributed by atoms with Crippen molar-refractivity contribution in [3.05, 3.63) is 11.8 Å². The topological polar surface area (TPSA) is 58.6 Å². The van der Waals surface area contributed by atoms with Crippen LogP contribution < -0.4 is 3.13 Å². The molecule has 1 aliphatic rings. The van der Waals surface area contributed by atoms with Gasteiger partial charge in [-0.3, -0.25) is 0 Å². The molecule has 0 fully saturated rings. The van der Waals surface area contributed by atoms with E-state index >= 15 is 0 Å². The standard InChI is InChI=1S/C6H9NO3.Tl/c7-4-3-6(9)10-5(4)1-2-8;/h3,5,8H,1-2H2,(H2,7,9);/q;+1/p-1. The number of aliphatic hydroxyl groups excluding tert-OH is 1. The second-order valence-electron chi connectivity index (χ2n) is 2.18. The predicted molar refractivity (Wildman–Crippen MR) is 38.6 cm³/mol. The Bertz CT molecular complexity index is 192. The summed E-state index contributed by atoms with van der Waals surface area (Å²) >= 11 is 0.599. The molecule has 4 nitrogen and oxygen atoms in total. The number of nitrogens with one attached hydrogen (secondary N) is 1. The molecule has 1 aliphatic heterocycles. The SMILES string of the molecule is O=C1C=C([NH][Tl])C(CCO)O1. The Kier molecular flexibility index (Phi) is 3.31. The summed E-state index contributed by atoms with van der Waals surface area (Å²) in [6, 6.07) is 0. The number of cyclic esters (lactones) is 1. The summed E-state index contributed by atoms with van der Waals surface area (Å²) < 4.78 is 7.88. The molecule has 0 saturated carbocycles. The Labute approximate surface area is 80.7 Å². The number of esters is 1. The Morgan fingerprint density at radius 3 is 3.09 bits per heavy atom. The monoisotopic (exact) mass is 347 g/mol. The van der Waals surface area contributed by atoms with E-state index in [0.29, 0.717) is 32.5 Å². The summed E-state index contributed by atoms with van der Waals surface area (Å²) in [6.45, 7) is 0.0433. The van der Waals surface area contributed by atoms with Crippen LogP contribution in [-0.2, 0) is 9.53 Å². The molecule has 0 aromatic heterocycles. The predicted octanol–water partition coefficient (Wildman–Crippen LogP) is -1.15. The van der Waals surface area contributed by atoms with Gasteiger partial charge in [-0.15, -0.1) is 0 Å². The molecule has 0 aromatic carbocycles. The molecule has 0 aliphatic carbocycles. The first-order valence-corrected chi connectivity index (χ1v) is 5.52. The minimum atomic E-state index is -0.313. The molecule has 11 heavy (non-hydrogen) atoms. The molecule has 1 rings (SSSR count). The van der Waals surface area contributed by atoms with E-state index in [1.54, 1.807) is 0 Å². The summed E-state index contributed by atoms with van der Waals surface area (Å²) in [5, 5.41) is 8.59. The van der Waals surface area contributed by atoms with Crippen LogP contribution >= 0.6 is 0 Å². The fourth-order valence-electron chi connectivity index (χ4n) is 0.924. The summed E-state index contributed by atoms with van der Waals surface area (Å²) in [6.07, 6.45) is 1.69. The first kappa shape index (κ1) is 8.98. The van der Waals surface area contributed by atoms with Gasteiger partial charge in [-0.25, -0.2) is 0 Å². The molecule has 0 spiro atoms. The van der Waals surface area contributed by atoms with E-state index in [2.05, 4.69) is 3.13 Å². The Morgan fingerprint density at radius 1 is 1.82 bits per heavy atom. The van der Waals surface area contributed by atoms with Gasteiger partial charge in [-0.2, -0.15) is 0 Å². The van der Waals surface area contributed by atoms with Crippen LogP contribution in [0.3, 0.4) is 0 Å². The summed E-state index contributed by atoms with van der Waals surface area (Å²) in [5.41, 5.74) is 0.814. The van der Waals surface area contributed by atoms with Gasteiger partial charge < -0.3 is 0 Å². The minimum absolute atomic E-state index is 0.0433.